The van der Waals surface area contributed by atoms with Crippen molar-refractivity contribution in [2.45, 2.75) is 13.0 Å². The van der Waals surface area contributed by atoms with Crippen molar-refractivity contribution in [3.63, 3.8) is 0 Å². The lowest BCUT2D eigenvalue weighted by Gasteiger charge is -2.10. The van der Waals surface area contributed by atoms with E-state index in [1.165, 1.54) is 12.3 Å². The van der Waals surface area contributed by atoms with Crippen molar-refractivity contribution >= 4 is 5.97 Å². The number of aliphatic hydroxyl groups excluding tert-OH is 1. The molecule has 19 heavy (non-hydrogen) atoms. The summed E-state index contributed by atoms with van der Waals surface area (Å²) in [5.41, 5.74) is 0.502. The monoisotopic (exact) mass is 262 g/mol. The van der Waals surface area contributed by atoms with Crippen LogP contribution in [-0.4, -0.2) is 22.8 Å². The van der Waals surface area contributed by atoms with Gasteiger partial charge in [0.05, 0.1) is 12.9 Å². The van der Waals surface area contributed by atoms with Gasteiger partial charge in [-0.1, -0.05) is 12.1 Å². The van der Waals surface area contributed by atoms with E-state index < -0.39 is 12.1 Å². The van der Waals surface area contributed by atoms with Gasteiger partial charge in [0.1, 0.15) is 17.4 Å². The number of ether oxygens (including phenoxy) is 1. The van der Waals surface area contributed by atoms with Crippen LogP contribution < -0.4 is 4.74 Å². The standard InChI is InChI=1S/C14H14O5/c1-2-18-10-5-3-9(4-6-10)12(15)13-11(14(16)17)7-8-19-13/h3-8,12,15H,2H2,1H3,(H,16,17). The molecule has 5 heteroatoms. The Balaban J connectivity index is 2.25. The van der Waals surface area contributed by atoms with Crippen molar-refractivity contribution in [1.82, 2.24) is 0 Å². The van der Waals surface area contributed by atoms with Crippen LogP contribution in [0, 0.1) is 0 Å². The zero-order chi connectivity index (χ0) is 13.8. The number of carboxylic acid groups (broad SMARTS) is 1. The molecule has 2 aromatic rings. The van der Waals surface area contributed by atoms with E-state index in [9.17, 15) is 9.90 Å². The zero-order valence-corrected chi connectivity index (χ0v) is 10.4. The molecule has 0 radical (unpaired) electrons. The highest BCUT2D eigenvalue weighted by Gasteiger charge is 2.22. The van der Waals surface area contributed by atoms with Crippen LogP contribution in [0.25, 0.3) is 0 Å². The first-order chi connectivity index (χ1) is 9.13. The lowest BCUT2D eigenvalue weighted by molar-refractivity contribution is 0.0687. The minimum absolute atomic E-state index is 0.0247. The lowest BCUT2D eigenvalue weighted by Crippen LogP contribution is -2.05. The SMILES string of the molecule is CCOc1ccc(C(O)c2occc2C(=O)O)cc1. The maximum absolute atomic E-state index is 11.0. The first kappa shape index (κ1) is 13.2. The molecule has 0 aliphatic carbocycles. The molecule has 2 N–H and O–H groups in total. The second-order valence-electron chi connectivity index (χ2n) is 3.91. The number of carbonyl (C=O) groups is 1. The zero-order valence-electron chi connectivity index (χ0n) is 10.4. The number of aliphatic hydroxyl groups is 1. The Morgan fingerprint density at radius 2 is 2.00 bits per heavy atom. The summed E-state index contributed by atoms with van der Waals surface area (Å²) in [5.74, 6) is -0.415. The third kappa shape index (κ3) is 2.77. The summed E-state index contributed by atoms with van der Waals surface area (Å²) in [6.07, 6.45) is 0.133. The molecule has 0 aliphatic heterocycles. The van der Waals surface area contributed by atoms with Crippen LogP contribution in [0.5, 0.6) is 5.75 Å². The topological polar surface area (TPSA) is 79.9 Å². The van der Waals surface area contributed by atoms with Gasteiger partial charge >= 0.3 is 5.97 Å². The van der Waals surface area contributed by atoms with E-state index in [-0.39, 0.29) is 11.3 Å². The summed E-state index contributed by atoms with van der Waals surface area (Å²) in [5, 5.41) is 19.1. The van der Waals surface area contributed by atoms with Crippen LogP contribution in [0.3, 0.4) is 0 Å². The molecule has 0 bridgehead atoms. The molecule has 2 rings (SSSR count). The highest BCUT2D eigenvalue weighted by molar-refractivity contribution is 5.88. The molecule has 0 aliphatic rings. The van der Waals surface area contributed by atoms with Gasteiger partial charge in [-0.2, -0.15) is 0 Å². The maximum Gasteiger partial charge on any atom is 0.339 e. The largest absolute Gasteiger partial charge is 0.494 e. The average Bonchev–Trinajstić information content (AvgIpc) is 2.88. The molecule has 1 heterocycles. The fourth-order valence-electron chi connectivity index (χ4n) is 1.77. The van der Waals surface area contributed by atoms with E-state index in [0.29, 0.717) is 17.9 Å². The minimum atomic E-state index is -1.13. The summed E-state index contributed by atoms with van der Waals surface area (Å²) >= 11 is 0. The number of hydrogen-bond donors (Lipinski definition) is 2. The van der Waals surface area contributed by atoms with E-state index in [4.69, 9.17) is 14.3 Å². The normalized spacial score (nSPS) is 12.1. The molecule has 100 valence electrons. The van der Waals surface area contributed by atoms with Crippen molar-refractivity contribution in [3.05, 3.63) is 53.5 Å². The van der Waals surface area contributed by atoms with E-state index in [2.05, 4.69) is 0 Å². The Morgan fingerprint density at radius 3 is 2.58 bits per heavy atom. The van der Waals surface area contributed by atoms with Gasteiger partial charge in [-0.25, -0.2) is 4.79 Å². The third-order valence-electron chi connectivity index (χ3n) is 2.68. The van der Waals surface area contributed by atoms with E-state index >= 15 is 0 Å². The first-order valence-corrected chi connectivity index (χ1v) is 5.85. The van der Waals surface area contributed by atoms with Crippen LogP contribution in [0.15, 0.2) is 41.0 Å². The molecule has 5 nitrogen and oxygen atoms in total. The number of aromatic carboxylic acids is 1. The number of rotatable bonds is 5. The molecule has 0 fully saturated rings. The molecule has 0 saturated heterocycles. The molecular weight excluding hydrogens is 248 g/mol. The van der Waals surface area contributed by atoms with Crippen molar-refractivity contribution < 1.29 is 24.2 Å². The number of hydrogen-bond acceptors (Lipinski definition) is 4. The van der Waals surface area contributed by atoms with Gasteiger partial charge in [0.25, 0.3) is 0 Å². The first-order valence-electron chi connectivity index (χ1n) is 5.85. The van der Waals surface area contributed by atoms with Crippen LogP contribution in [0.4, 0.5) is 0 Å². The molecule has 1 aromatic heterocycles. The van der Waals surface area contributed by atoms with E-state index in [1.807, 2.05) is 6.92 Å². The van der Waals surface area contributed by atoms with Crippen molar-refractivity contribution in [2.24, 2.45) is 0 Å². The number of benzene rings is 1. The minimum Gasteiger partial charge on any atom is -0.494 e. The molecule has 0 spiro atoms. The van der Waals surface area contributed by atoms with Crippen molar-refractivity contribution in [2.75, 3.05) is 6.61 Å². The second-order valence-corrected chi connectivity index (χ2v) is 3.91. The highest BCUT2D eigenvalue weighted by atomic mass is 16.5. The van der Waals surface area contributed by atoms with Gasteiger partial charge in [0.2, 0.25) is 0 Å². The van der Waals surface area contributed by atoms with Crippen molar-refractivity contribution in [3.8, 4) is 5.75 Å². The van der Waals surface area contributed by atoms with Gasteiger partial charge in [0, 0.05) is 0 Å². The summed E-state index contributed by atoms with van der Waals surface area (Å²) in [7, 11) is 0. The Bertz CT molecular complexity index is 555. The molecule has 1 atom stereocenters. The molecule has 0 amide bonds. The predicted molar refractivity (Wildman–Crippen MR) is 67.3 cm³/mol. The van der Waals surface area contributed by atoms with E-state index in [0.717, 1.165) is 0 Å². The average molecular weight is 262 g/mol. The van der Waals surface area contributed by atoms with Gasteiger partial charge in [0.15, 0.2) is 5.76 Å². The van der Waals surface area contributed by atoms with Crippen molar-refractivity contribution in [1.29, 1.82) is 0 Å². The van der Waals surface area contributed by atoms with Gasteiger partial charge < -0.3 is 19.4 Å². The van der Waals surface area contributed by atoms with Gasteiger partial charge in [-0.3, -0.25) is 0 Å². The predicted octanol–water partition coefficient (Wildman–Crippen LogP) is 2.46. The quantitative estimate of drug-likeness (QED) is 0.865. The lowest BCUT2D eigenvalue weighted by atomic mass is 10.0. The number of carboxylic acids is 1. The number of furan rings is 1. The molecule has 1 unspecified atom stereocenters. The fraction of sp³-hybridized carbons (Fsp3) is 0.214. The highest BCUT2D eigenvalue weighted by Crippen LogP contribution is 2.27. The van der Waals surface area contributed by atoms with Crippen LogP contribution >= 0.6 is 0 Å². The fourth-order valence-corrected chi connectivity index (χ4v) is 1.77. The Morgan fingerprint density at radius 1 is 1.32 bits per heavy atom. The third-order valence-corrected chi connectivity index (χ3v) is 2.68. The van der Waals surface area contributed by atoms with Crippen LogP contribution in [0.2, 0.25) is 0 Å². The summed E-state index contributed by atoms with van der Waals surface area (Å²) < 4.78 is 10.4. The Kier molecular flexibility index (Phi) is 3.87. The van der Waals surface area contributed by atoms with Crippen LogP contribution in [0.1, 0.15) is 34.7 Å². The molecule has 0 saturated carbocycles. The molecular formula is C14H14O5. The second kappa shape index (κ2) is 5.58. The van der Waals surface area contributed by atoms with Gasteiger partial charge in [-0.15, -0.1) is 0 Å². The van der Waals surface area contributed by atoms with Crippen LogP contribution in [-0.2, 0) is 0 Å². The Labute approximate surface area is 110 Å². The smallest absolute Gasteiger partial charge is 0.339 e. The molecule has 1 aromatic carbocycles. The van der Waals surface area contributed by atoms with E-state index in [1.54, 1.807) is 24.3 Å². The maximum atomic E-state index is 11.0. The summed E-state index contributed by atoms with van der Waals surface area (Å²) in [4.78, 5) is 11.0. The summed E-state index contributed by atoms with van der Waals surface area (Å²) in [6.45, 7) is 2.44. The Hall–Kier alpha value is -2.27. The van der Waals surface area contributed by atoms with Gasteiger partial charge in [-0.05, 0) is 30.7 Å². The summed E-state index contributed by atoms with van der Waals surface area (Å²) in [6, 6.07) is 8.08.